The summed E-state index contributed by atoms with van der Waals surface area (Å²) >= 11 is 0. The van der Waals surface area contributed by atoms with Crippen LogP contribution in [0.15, 0.2) is 18.2 Å². The van der Waals surface area contributed by atoms with Crippen molar-refractivity contribution in [2.24, 2.45) is 0 Å². The average molecular weight is 300 g/mol. The van der Waals surface area contributed by atoms with Crippen LogP contribution < -0.4 is 10.1 Å². The van der Waals surface area contributed by atoms with Crippen LogP contribution in [0, 0.1) is 18.3 Å². The summed E-state index contributed by atoms with van der Waals surface area (Å²) in [6.45, 7) is 2.49. The molecule has 21 heavy (non-hydrogen) atoms. The Kier molecular flexibility index (Phi) is 4.28. The number of hydrogen-bond acceptors (Lipinski definition) is 4. The molecule has 1 heterocycles. The third-order valence-electron chi connectivity index (χ3n) is 3.34. The molecule has 0 amide bonds. The molecule has 1 N–H and O–H groups in total. The largest absolute Gasteiger partial charge is 0.573 e. The van der Waals surface area contributed by atoms with E-state index in [1.165, 1.54) is 25.1 Å². The first kappa shape index (κ1) is 15.4. The Labute approximate surface area is 120 Å². The zero-order valence-corrected chi connectivity index (χ0v) is 11.5. The van der Waals surface area contributed by atoms with E-state index in [1.54, 1.807) is 0 Å². The van der Waals surface area contributed by atoms with Crippen molar-refractivity contribution in [2.45, 2.75) is 31.7 Å². The van der Waals surface area contributed by atoms with E-state index in [4.69, 9.17) is 4.74 Å². The Balaban J connectivity index is 2.15. The number of nitrogens with zero attached hydrogens (tertiary/aromatic N) is 1. The fourth-order valence-corrected chi connectivity index (χ4v) is 2.23. The molecule has 114 valence electrons. The van der Waals surface area contributed by atoms with E-state index in [-0.39, 0.29) is 5.75 Å². The molecule has 0 radical (unpaired) electrons. The van der Waals surface area contributed by atoms with Crippen LogP contribution in [0.1, 0.15) is 18.4 Å². The zero-order valence-electron chi connectivity index (χ0n) is 11.5. The molecule has 0 bridgehead atoms. The molecule has 1 aliphatic rings. The minimum atomic E-state index is -4.71. The fourth-order valence-electron chi connectivity index (χ4n) is 2.23. The molecule has 0 aliphatic carbocycles. The smallest absolute Gasteiger partial charge is 0.406 e. The Hall–Kier alpha value is -1.94. The molecule has 1 aromatic rings. The molecule has 0 saturated carbocycles. The normalized spacial score (nSPS) is 17.9. The van der Waals surface area contributed by atoms with Crippen LogP contribution in [0.4, 0.5) is 18.9 Å². The van der Waals surface area contributed by atoms with Gasteiger partial charge in [-0.3, -0.25) is 0 Å². The van der Waals surface area contributed by atoms with Gasteiger partial charge in [0.1, 0.15) is 11.3 Å². The Morgan fingerprint density at radius 2 is 2.00 bits per heavy atom. The van der Waals surface area contributed by atoms with Gasteiger partial charge in [-0.15, -0.1) is 13.2 Å². The molecule has 0 atom stereocenters. The molecule has 1 fully saturated rings. The van der Waals surface area contributed by atoms with Crippen LogP contribution in [0.5, 0.6) is 5.75 Å². The van der Waals surface area contributed by atoms with Crippen LogP contribution in [0.25, 0.3) is 0 Å². The fraction of sp³-hybridized carbons (Fsp3) is 0.500. The Morgan fingerprint density at radius 1 is 1.33 bits per heavy atom. The van der Waals surface area contributed by atoms with Crippen LogP contribution >= 0.6 is 0 Å². The summed E-state index contributed by atoms with van der Waals surface area (Å²) in [5.41, 5.74) is 0.194. The first-order valence-corrected chi connectivity index (χ1v) is 6.47. The average Bonchev–Trinajstić information content (AvgIpc) is 2.42. The number of nitrogens with one attached hydrogen (secondary N) is 1. The highest BCUT2D eigenvalue weighted by Crippen LogP contribution is 2.31. The van der Waals surface area contributed by atoms with Gasteiger partial charge < -0.3 is 14.8 Å². The van der Waals surface area contributed by atoms with Gasteiger partial charge in [-0.05, 0) is 30.7 Å². The summed E-state index contributed by atoms with van der Waals surface area (Å²) in [5, 5.41) is 12.4. The molecular formula is C14H15F3N2O2. The minimum absolute atomic E-state index is 0.244. The van der Waals surface area contributed by atoms with Crippen molar-refractivity contribution < 1.29 is 22.6 Å². The van der Waals surface area contributed by atoms with Crippen molar-refractivity contribution in [3.05, 3.63) is 23.8 Å². The third kappa shape index (κ3) is 4.02. The van der Waals surface area contributed by atoms with Crippen LogP contribution in [-0.4, -0.2) is 25.1 Å². The number of anilines is 1. The lowest BCUT2D eigenvalue weighted by atomic mass is 9.91. The first-order chi connectivity index (χ1) is 9.84. The maximum absolute atomic E-state index is 12.2. The van der Waals surface area contributed by atoms with E-state index < -0.39 is 11.9 Å². The lowest BCUT2D eigenvalue weighted by Gasteiger charge is -2.32. The summed E-state index contributed by atoms with van der Waals surface area (Å²) < 4.78 is 45.8. The van der Waals surface area contributed by atoms with Crippen LogP contribution in [-0.2, 0) is 4.74 Å². The molecule has 0 aromatic heterocycles. The number of halogens is 3. The van der Waals surface area contributed by atoms with Crippen molar-refractivity contribution in [3.8, 4) is 11.8 Å². The standard InChI is InChI=1S/C14H15F3N2O2/c1-10-8-11(2-3-12(10)21-14(15,16)17)19-13(9-18)4-6-20-7-5-13/h2-3,8,19H,4-7H2,1H3. The monoisotopic (exact) mass is 300 g/mol. The topological polar surface area (TPSA) is 54.3 Å². The quantitative estimate of drug-likeness (QED) is 0.929. The summed E-state index contributed by atoms with van der Waals surface area (Å²) in [6, 6.07) is 6.49. The summed E-state index contributed by atoms with van der Waals surface area (Å²) in [4.78, 5) is 0. The molecular weight excluding hydrogens is 285 g/mol. The van der Waals surface area contributed by atoms with Crippen molar-refractivity contribution in [1.82, 2.24) is 0 Å². The minimum Gasteiger partial charge on any atom is -0.406 e. The van der Waals surface area contributed by atoms with E-state index in [1.807, 2.05) is 0 Å². The maximum Gasteiger partial charge on any atom is 0.573 e. The van der Waals surface area contributed by atoms with Crippen molar-refractivity contribution in [3.63, 3.8) is 0 Å². The van der Waals surface area contributed by atoms with Crippen LogP contribution in [0.3, 0.4) is 0 Å². The lowest BCUT2D eigenvalue weighted by molar-refractivity contribution is -0.274. The van der Waals surface area contributed by atoms with Gasteiger partial charge in [-0.1, -0.05) is 0 Å². The predicted octanol–water partition coefficient (Wildman–Crippen LogP) is 3.38. The summed E-state index contributed by atoms with van der Waals surface area (Å²) in [7, 11) is 0. The Bertz CT molecular complexity index is 546. The second kappa shape index (κ2) is 5.82. The van der Waals surface area contributed by atoms with E-state index in [0.717, 1.165) is 0 Å². The predicted molar refractivity (Wildman–Crippen MR) is 69.9 cm³/mol. The molecule has 0 spiro atoms. The van der Waals surface area contributed by atoms with Gasteiger partial charge in [0, 0.05) is 31.7 Å². The van der Waals surface area contributed by atoms with Crippen LogP contribution in [0.2, 0.25) is 0 Å². The molecule has 1 saturated heterocycles. The molecule has 0 unspecified atom stereocenters. The number of ether oxygens (including phenoxy) is 2. The van der Waals surface area contributed by atoms with Crippen molar-refractivity contribution >= 4 is 5.69 Å². The summed E-state index contributed by atoms with van der Waals surface area (Å²) in [6.07, 6.45) is -3.65. The molecule has 7 heteroatoms. The SMILES string of the molecule is Cc1cc(NC2(C#N)CCOCC2)ccc1OC(F)(F)F. The van der Waals surface area contributed by atoms with Gasteiger partial charge in [0.25, 0.3) is 0 Å². The maximum atomic E-state index is 12.2. The van der Waals surface area contributed by atoms with Gasteiger partial charge in [0.15, 0.2) is 0 Å². The highest BCUT2D eigenvalue weighted by atomic mass is 19.4. The third-order valence-corrected chi connectivity index (χ3v) is 3.34. The van der Waals surface area contributed by atoms with Gasteiger partial charge in [0.05, 0.1) is 6.07 Å². The van der Waals surface area contributed by atoms with Crippen molar-refractivity contribution in [2.75, 3.05) is 18.5 Å². The van der Waals surface area contributed by atoms with Crippen molar-refractivity contribution in [1.29, 1.82) is 5.26 Å². The molecule has 1 aromatic carbocycles. The number of hydrogen-bond donors (Lipinski definition) is 1. The van der Waals surface area contributed by atoms with Gasteiger partial charge >= 0.3 is 6.36 Å². The number of nitriles is 1. The first-order valence-electron chi connectivity index (χ1n) is 6.47. The van der Waals surface area contributed by atoms with Gasteiger partial charge in [-0.25, -0.2) is 0 Å². The zero-order chi connectivity index (χ0) is 15.5. The van der Waals surface area contributed by atoms with E-state index in [0.29, 0.717) is 37.3 Å². The number of alkyl halides is 3. The number of rotatable bonds is 3. The molecule has 2 rings (SSSR count). The number of benzene rings is 1. The molecule has 4 nitrogen and oxygen atoms in total. The molecule has 1 aliphatic heterocycles. The highest BCUT2D eigenvalue weighted by Gasteiger charge is 2.33. The lowest BCUT2D eigenvalue weighted by Crippen LogP contribution is -2.42. The number of aryl methyl sites for hydroxylation is 1. The second-order valence-corrected chi connectivity index (χ2v) is 4.96. The van der Waals surface area contributed by atoms with E-state index in [9.17, 15) is 18.4 Å². The summed E-state index contributed by atoms with van der Waals surface area (Å²) in [5.74, 6) is -0.244. The highest BCUT2D eigenvalue weighted by molar-refractivity contribution is 5.53. The van der Waals surface area contributed by atoms with Gasteiger partial charge in [0.2, 0.25) is 0 Å². The second-order valence-electron chi connectivity index (χ2n) is 4.96. The van der Waals surface area contributed by atoms with Gasteiger partial charge in [-0.2, -0.15) is 5.26 Å². The Morgan fingerprint density at radius 3 is 2.52 bits per heavy atom. The van der Waals surface area contributed by atoms with E-state index >= 15 is 0 Å². The van der Waals surface area contributed by atoms with E-state index in [2.05, 4.69) is 16.1 Å².